The first-order valence-corrected chi connectivity index (χ1v) is 2.97. The summed E-state index contributed by atoms with van der Waals surface area (Å²) in [6, 6.07) is 0. The van der Waals surface area contributed by atoms with E-state index in [1.54, 1.807) is 0 Å². The molecule has 0 amide bonds. The molecule has 11 heavy (non-hydrogen) atoms. The predicted molar refractivity (Wildman–Crippen MR) is 34.1 cm³/mol. The minimum atomic E-state index is -1.78. The highest BCUT2D eigenvalue weighted by atomic mass is 16.7. The zero-order valence-electron chi connectivity index (χ0n) is 5.67. The maximum absolute atomic E-state index is 9.93. The molecule has 1 N–H and O–H groups in total. The van der Waals surface area contributed by atoms with Crippen LogP contribution in [0.4, 0.5) is 0 Å². The summed E-state index contributed by atoms with van der Waals surface area (Å²) in [6.45, 7) is -0.266. The lowest BCUT2D eigenvalue weighted by Crippen LogP contribution is -2.28. The number of aliphatic hydroxyl groups excluding tert-OH is 1. The lowest BCUT2D eigenvalue weighted by Gasteiger charge is -1.98. The van der Waals surface area contributed by atoms with Crippen molar-refractivity contribution in [1.82, 2.24) is 0 Å². The quantitative estimate of drug-likeness (QED) is 0.339. The molecule has 0 aromatic carbocycles. The van der Waals surface area contributed by atoms with Gasteiger partial charge in [0, 0.05) is 6.61 Å². The van der Waals surface area contributed by atoms with Crippen LogP contribution in [0.3, 0.4) is 0 Å². The van der Waals surface area contributed by atoms with Gasteiger partial charge in [-0.25, -0.2) is 0 Å². The summed E-state index contributed by atoms with van der Waals surface area (Å²) in [6.07, 6.45) is -1.93. The molecule has 0 heterocycles. The summed E-state index contributed by atoms with van der Waals surface area (Å²) in [5.41, 5.74) is 0. The van der Waals surface area contributed by atoms with Crippen LogP contribution in [0.15, 0.2) is 0 Å². The van der Waals surface area contributed by atoms with E-state index in [1.165, 1.54) is 0 Å². The Morgan fingerprint density at radius 2 is 1.73 bits per heavy atom. The van der Waals surface area contributed by atoms with Crippen molar-refractivity contribution in [2.24, 2.45) is 0 Å². The average molecular weight is 164 g/mol. The van der Waals surface area contributed by atoms with Crippen LogP contribution in [0, 0.1) is 20.2 Å². The van der Waals surface area contributed by atoms with Gasteiger partial charge in [-0.3, -0.25) is 20.2 Å². The smallest absolute Gasteiger partial charge is 0.396 e. The monoisotopic (exact) mass is 164 g/mol. The van der Waals surface area contributed by atoms with Crippen molar-refractivity contribution in [1.29, 1.82) is 0 Å². The highest BCUT2D eigenvalue weighted by Gasteiger charge is 2.30. The molecule has 0 spiro atoms. The van der Waals surface area contributed by atoms with Crippen LogP contribution in [0.5, 0.6) is 0 Å². The summed E-state index contributed by atoms with van der Waals surface area (Å²) in [7, 11) is 0. The third-order valence-electron chi connectivity index (χ3n) is 1.11. The van der Waals surface area contributed by atoms with E-state index in [-0.39, 0.29) is 19.4 Å². The summed E-state index contributed by atoms with van der Waals surface area (Å²) < 4.78 is 0. The Labute approximate surface area is 61.9 Å². The van der Waals surface area contributed by atoms with Gasteiger partial charge in [0.2, 0.25) is 0 Å². The molecule has 0 saturated heterocycles. The molecule has 0 atom stereocenters. The number of hydrogen-bond acceptors (Lipinski definition) is 5. The molecule has 0 unspecified atom stereocenters. The second-order valence-electron chi connectivity index (χ2n) is 1.92. The Balaban J connectivity index is 3.90. The highest BCUT2D eigenvalue weighted by Crippen LogP contribution is 2.00. The highest BCUT2D eigenvalue weighted by molar-refractivity contribution is 4.42. The number of nitro groups is 2. The number of hydrogen-bond donors (Lipinski definition) is 1. The summed E-state index contributed by atoms with van der Waals surface area (Å²) >= 11 is 0. The maximum atomic E-state index is 9.93. The van der Waals surface area contributed by atoms with E-state index in [0.29, 0.717) is 0 Å². The van der Waals surface area contributed by atoms with E-state index in [1.807, 2.05) is 0 Å². The van der Waals surface area contributed by atoms with Crippen molar-refractivity contribution in [3.8, 4) is 0 Å². The molecular formula is C4H8N2O5. The van der Waals surface area contributed by atoms with Crippen LogP contribution >= 0.6 is 0 Å². The van der Waals surface area contributed by atoms with E-state index in [2.05, 4.69) is 0 Å². The van der Waals surface area contributed by atoms with E-state index in [0.717, 1.165) is 0 Å². The lowest BCUT2D eigenvalue weighted by molar-refractivity contribution is -0.743. The van der Waals surface area contributed by atoms with Gasteiger partial charge in [0.25, 0.3) is 0 Å². The van der Waals surface area contributed by atoms with Crippen molar-refractivity contribution in [3.05, 3.63) is 20.2 Å². The number of aliphatic hydroxyl groups is 1. The van der Waals surface area contributed by atoms with Crippen molar-refractivity contribution >= 4 is 0 Å². The second kappa shape index (κ2) is 4.56. The molecule has 0 radical (unpaired) electrons. The van der Waals surface area contributed by atoms with Crippen LogP contribution in [-0.2, 0) is 0 Å². The van der Waals surface area contributed by atoms with Gasteiger partial charge in [0.1, 0.15) is 0 Å². The van der Waals surface area contributed by atoms with Crippen molar-refractivity contribution in [3.63, 3.8) is 0 Å². The van der Waals surface area contributed by atoms with Gasteiger partial charge >= 0.3 is 6.17 Å². The third kappa shape index (κ3) is 3.46. The molecule has 0 aromatic heterocycles. The molecule has 0 bridgehead atoms. The molecule has 0 rings (SSSR count). The first-order valence-electron chi connectivity index (χ1n) is 2.97. The van der Waals surface area contributed by atoms with Crippen LogP contribution in [0.1, 0.15) is 12.8 Å². The van der Waals surface area contributed by atoms with Crippen LogP contribution < -0.4 is 0 Å². The molecule has 0 aliphatic rings. The Morgan fingerprint density at radius 3 is 2.00 bits per heavy atom. The topological polar surface area (TPSA) is 107 Å². The fourth-order valence-electron chi connectivity index (χ4n) is 0.562. The SMILES string of the molecule is O=[N+]([O-])C(CCCO)[N+](=O)[O-]. The second-order valence-corrected chi connectivity index (χ2v) is 1.92. The summed E-state index contributed by atoms with van der Waals surface area (Å²) in [5.74, 6) is 0. The molecule has 0 fully saturated rings. The molecule has 0 aromatic rings. The van der Waals surface area contributed by atoms with Gasteiger partial charge in [0.15, 0.2) is 0 Å². The summed E-state index contributed by atoms with van der Waals surface area (Å²) in [5, 5.41) is 28.1. The Hall–Kier alpha value is -1.24. The predicted octanol–water partition coefficient (Wildman–Crippen LogP) is -0.362. The molecule has 7 heteroatoms. The van der Waals surface area contributed by atoms with E-state index >= 15 is 0 Å². The number of nitrogens with zero attached hydrogens (tertiary/aromatic N) is 2. The molecular weight excluding hydrogens is 156 g/mol. The van der Waals surface area contributed by atoms with Crippen LogP contribution in [0.2, 0.25) is 0 Å². The first kappa shape index (κ1) is 9.76. The first-order chi connectivity index (χ1) is 5.09. The largest absolute Gasteiger partial charge is 0.450 e. The Bertz CT molecular complexity index is 145. The molecule has 0 saturated carbocycles. The third-order valence-corrected chi connectivity index (χ3v) is 1.11. The van der Waals surface area contributed by atoms with Crippen molar-refractivity contribution in [2.75, 3.05) is 6.61 Å². The van der Waals surface area contributed by atoms with Crippen molar-refractivity contribution < 1.29 is 15.0 Å². The normalized spacial score (nSPS) is 10.0. The summed E-state index contributed by atoms with van der Waals surface area (Å²) in [4.78, 5) is 17.9. The van der Waals surface area contributed by atoms with Gasteiger partial charge in [-0.15, -0.1) is 0 Å². The minimum Gasteiger partial charge on any atom is -0.396 e. The average Bonchev–Trinajstić information content (AvgIpc) is 1.87. The van der Waals surface area contributed by atoms with Crippen LogP contribution in [0.25, 0.3) is 0 Å². The van der Waals surface area contributed by atoms with Gasteiger partial charge in [-0.05, 0) is 6.42 Å². The fourth-order valence-corrected chi connectivity index (χ4v) is 0.562. The Morgan fingerprint density at radius 1 is 1.27 bits per heavy atom. The van der Waals surface area contributed by atoms with E-state index in [9.17, 15) is 20.2 Å². The maximum Gasteiger partial charge on any atom is 0.450 e. The standard InChI is InChI=1S/C4H8N2O5/c7-3-1-2-4(5(8)9)6(10)11/h4,7H,1-3H2. The molecule has 7 nitrogen and oxygen atoms in total. The zero-order valence-corrected chi connectivity index (χ0v) is 5.67. The van der Waals surface area contributed by atoms with Gasteiger partial charge < -0.3 is 5.11 Å². The molecule has 0 aliphatic heterocycles. The van der Waals surface area contributed by atoms with Crippen molar-refractivity contribution in [2.45, 2.75) is 19.0 Å². The van der Waals surface area contributed by atoms with Gasteiger partial charge in [0.05, 0.1) is 16.3 Å². The molecule has 0 aliphatic carbocycles. The van der Waals surface area contributed by atoms with E-state index in [4.69, 9.17) is 5.11 Å². The minimum absolute atomic E-state index is 0.0760. The molecule has 64 valence electrons. The van der Waals surface area contributed by atoms with Gasteiger partial charge in [-0.1, -0.05) is 0 Å². The van der Waals surface area contributed by atoms with Crippen LogP contribution in [-0.4, -0.2) is 27.7 Å². The Kier molecular flexibility index (Phi) is 4.04. The van der Waals surface area contributed by atoms with E-state index < -0.39 is 16.0 Å². The zero-order chi connectivity index (χ0) is 8.85. The fraction of sp³-hybridized carbons (Fsp3) is 1.00. The van der Waals surface area contributed by atoms with Gasteiger partial charge in [-0.2, -0.15) is 0 Å². The lowest BCUT2D eigenvalue weighted by atomic mass is 10.3. The number of rotatable bonds is 5.